The number of carbonyl (C=O) groups is 1. The van der Waals surface area contributed by atoms with Gasteiger partial charge in [0.25, 0.3) is 5.91 Å². The van der Waals surface area contributed by atoms with E-state index in [1.807, 2.05) is 48.8 Å². The molecule has 128 valence electrons. The molecule has 0 unspecified atom stereocenters. The highest BCUT2D eigenvalue weighted by Gasteiger charge is 2.36. The first-order chi connectivity index (χ1) is 11.6. The lowest BCUT2D eigenvalue weighted by atomic mass is 10.1. The fraction of sp³-hybridized carbons (Fsp3) is 0.389. The van der Waals surface area contributed by atoms with Gasteiger partial charge in [-0.2, -0.15) is 0 Å². The predicted octanol–water partition coefficient (Wildman–Crippen LogP) is 2.07. The van der Waals surface area contributed by atoms with Gasteiger partial charge in [0.2, 0.25) is 0 Å². The molecule has 1 N–H and O–H groups in total. The maximum atomic E-state index is 12.4. The number of amides is 1. The third-order valence-electron chi connectivity index (χ3n) is 4.44. The van der Waals surface area contributed by atoms with Crippen LogP contribution < -0.4 is 4.74 Å². The van der Waals surface area contributed by atoms with Gasteiger partial charge in [0.15, 0.2) is 0 Å². The molecule has 5 nitrogen and oxygen atoms in total. The topological polar surface area (TPSA) is 53.0 Å². The molecule has 3 rings (SSSR count). The minimum absolute atomic E-state index is 0.00407. The molecule has 2 atom stereocenters. The Balaban J connectivity index is 1.62. The summed E-state index contributed by atoms with van der Waals surface area (Å²) in [5, 5.41) is 12.3. The Kier molecular flexibility index (Phi) is 5.18. The molecule has 0 radical (unpaired) electrons. The SMILES string of the molecule is COc1ccc(CN(C)[C@@H]2CN(C(=O)c3cccs3)C[C@H]2O)cc1. The highest BCUT2D eigenvalue weighted by Crippen LogP contribution is 2.22. The van der Waals surface area contributed by atoms with Crippen molar-refractivity contribution < 1.29 is 14.6 Å². The second-order valence-corrected chi connectivity index (χ2v) is 7.03. The van der Waals surface area contributed by atoms with Crippen molar-refractivity contribution in [2.24, 2.45) is 0 Å². The quantitative estimate of drug-likeness (QED) is 0.901. The van der Waals surface area contributed by atoms with Crippen molar-refractivity contribution >= 4 is 17.2 Å². The first-order valence-electron chi connectivity index (χ1n) is 7.92. The Bertz CT molecular complexity index is 672. The van der Waals surface area contributed by atoms with E-state index in [1.54, 1.807) is 12.0 Å². The molecule has 1 amide bonds. The van der Waals surface area contributed by atoms with Gasteiger partial charge in [0, 0.05) is 19.6 Å². The molecule has 2 heterocycles. The van der Waals surface area contributed by atoms with Gasteiger partial charge in [0.1, 0.15) is 5.75 Å². The Morgan fingerprint density at radius 2 is 2.08 bits per heavy atom. The van der Waals surface area contributed by atoms with E-state index in [1.165, 1.54) is 11.3 Å². The molecule has 6 heteroatoms. The van der Waals surface area contributed by atoms with E-state index in [2.05, 4.69) is 4.90 Å². The van der Waals surface area contributed by atoms with Gasteiger partial charge < -0.3 is 14.7 Å². The van der Waals surface area contributed by atoms with Crippen molar-refractivity contribution in [3.63, 3.8) is 0 Å². The summed E-state index contributed by atoms with van der Waals surface area (Å²) in [6.45, 7) is 1.64. The summed E-state index contributed by atoms with van der Waals surface area (Å²) in [6.07, 6.45) is -0.530. The summed E-state index contributed by atoms with van der Waals surface area (Å²) >= 11 is 1.44. The van der Waals surface area contributed by atoms with Crippen LogP contribution in [0.2, 0.25) is 0 Å². The Morgan fingerprint density at radius 3 is 2.71 bits per heavy atom. The first-order valence-corrected chi connectivity index (χ1v) is 8.80. The average molecular weight is 346 g/mol. The van der Waals surface area contributed by atoms with E-state index in [4.69, 9.17) is 4.74 Å². The number of aliphatic hydroxyl groups is 1. The van der Waals surface area contributed by atoms with Crippen LogP contribution in [0.3, 0.4) is 0 Å². The number of methoxy groups -OCH3 is 1. The summed E-state index contributed by atoms with van der Waals surface area (Å²) in [7, 11) is 3.63. The maximum Gasteiger partial charge on any atom is 0.264 e. The largest absolute Gasteiger partial charge is 0.497 e. The van der Waals surface area contributed by atoms with Crippen molar-refractivity contribution in [2.45, 2.75) is 18.7 Å². The number of likely N-dealkylation sites (N-methyl/N-ethyl adjacent to an activating group) is 1. The van der Waals surface area contributed by atoms with Crippen LogP contribution in [0.1, 0.15) is 15.2 Å². The molecule has 1 aromatic carbocycles. The monoisotopic (exact) mass is 346 g/mol. The van der Waals surface area contributed by atoms with Crippen molar-refractivity contribution in [1.82, 2.24) is 9.80 Å². The van der Waals surface area contributed by atoms with Gasteiger partial charge >= 0.3 is 0 Å². The lowest BCUT2D eigenvalue weighted by Gasteiger charge is -2.26. The average Bonchev–Trinajstić information content (AvgIpc) is 3.24. The summed E-state index contributed by atoms with van der Waals surface area (Å²) in [5.74, 6) is 0.833. The number of hydrogen-bond donors (Lipinski definition) is 1. The fourth-order valence-corrected chi connectivity index (χ4v) is 3.75. The summed E-state index contributed by atoms with van der Waals surface area (Å²) in [5.41, 5.74) is 1.15. The van der Waals surface area contributed by atoms with Crippen LogP contribution >= 0.6 is 11.3 Å². The number of rotatable bonds is 5. The molecular weight excluding hydrogens is 324 g/mol. The third kappa shape index (κ3) is 3.61. The summed E-state index contributed by atoms with van der Waals surface area (Å²) < 4.78 is 5.17. The Labute approximate surface area is 146 Å². The number of carbonyl (C=O) groups excluding carboxylic acids is 1. The number of nitrogens with zero attached hydrogens (tertiary/aromatic N) is 2. The lowest BCUT2D eigenvalue weighted by molar-refractivity contribution is 0.0767. The van der Waals surface area contributed by atoms with Crippen molar-refractivity contribution in [2.75, 3.05) is 27.2 Å². The molecule has 1 aliphatic heterocycles. The number of thiophene rings is 1. The molecule has 0 saturated carbocycles. The molecule has 2 aromatic rings. The standard InChI is InChI=1S/C18H22N2O3S/c1-19(10-13-5-7-14(23-2)8-6-13)15-11-20(12-16(15)21)18(22)17-4-3-9-24-17/h3-9,15-16,21H,10-12H2,1-2H3/t15-,16-/m1/s1. The van der Waals surface area contributed by atoms with Crippen LogP contribution in [-0.4, -0.2) is 60.2 Å². The van der Waals surface area contributed by atoms with E-state index < -0.39 is 6.10 Å². The first kappa shape index (κ1) is 17.0. The molecule has 1 aromatic heterocycles. The zero-order valence-corrected chi connectivity index (χ0v) is 14.7. The van der Waals surface area contributed by atoms with Gasteiger partial charge in [0.05, 0.1) is 24.1 Å². The van der Waals surface area contributed by atoms with E-state index in [0.717, 1.165) is 16.2 Å². The van der Waals surface area contributed by atoms with E-state index in [0.29, 0.717) is 19.6 Å². The van der Waals surface area contributed by atoms with Gasteiger partial charge in [-0.15, -0.1) is 11.3 Å². The minimum atomic E-state index is -0.530. The molecule has 1 aliphatic rings. The highest BCUT2D eigenvalue weighted by atomic mass is 32.1. The zero-order valence-electron chi connectivity index (χ0n) is 13.9. The van der Waals surface area contributed by atoms with Crippen LogP contribution in [0.15, 0.2) is 41.8 Å². The van der Waals surface area contributed by atoms with Crippen LogP contribution in [-0.2, 0) is 6.54 Å². The number of likely N-dealkylation sites (tertiary alicyclic amines) is 1. The molecule has 1 saturated heterocycles. The van der Waals surface area contributed by atoms with Gasteiger partial charge in [-0.25, -0.2) is 0 Å². The third-order valence-corrected chi connectivity index (χ3v) is 5.29. The Morgan fingerprint density at radius 1 is 1.33 bits per heavy atom. The van der Waals surface area contributed by atoms with E-state index in [9.17, 15) is 9.90 Å². The molecule has 24 heavy (non-hydrogen) atoms. The van der Waals surface area contributed by atoms with Crippen LogP contribution in [0.4, 0.5) is 0 Å². The number of benzene rings is 1. The van der Waals surface area contributed by atoms with Crippen LogP contribution in [0.5, 0.6) is 5.75 Å². The number of ether oxygens (including phenoxy) is 1. The molecule has 1 fully saturated rings. The van der Waals surface area contributed by atoms with Gasteiger partial charge in [-0.1, -0.05) is 18.2 Å². The molecule has 0 bridgehead atoms. The predicted molar refractivity (Wildman–Crippen MR) is 94.5 cm³/mol. The molecule has 0 spiro atoms. The highest BCUT2D eigenvalue weighted by molar-refractivity contribution is 7.12. The van der Waals surface area contributed by atoms with Crippen molar-refractivity contribution in [3.05, 3.63) is 52.2 Å². The number of hydrogen-bond acceptors (Lipinski definition) is 5. The van der Waals surface area contributed by atoms with Crippen molar-refractivity contribution in [3.8, 4) is 5.75 Å². The minimum Gasteiger partial charge on any atom is -0.497 e. The Hall–Kier alpha value is -1.89. The van der Waals surface area contributed by atoms with E-state index >= 15 is 0 Å². The normalized spacial score (nSPS) is 20.6. The zero-order chi connectivity index (χ0) is 17.1. The summed E-state index contributed by atoms with van der Waals surface area (Å²) in [4.78, 5) is 17.0. The van der Waals surface area contributed by atoms with Gasteiger partial charge in [-0.3, -0.25) is 9.69 Å². The van der Waals surface area contributed by atoms with Crippen LogP contribution in [0, 0.1) is 0 Å². The molecule has 0 aliphatic carbocycles. The van der Waals surface area contributed by atoms with Crippen LogP contribution in [0.25, 0.3) is 0 Å². The lowest BCUT2D eigenvalue weighted by Crippen LogP contribution is -2.40. The second kappa shape index (κ2) is 7.34. The number of aliphatic hydroxyl groups excluding tert-OH is 1. The fourth-order valence-electron chi connectivity index (χ4n) is 3.06. The van der Waals surface area contributed by atoms with Crippen molar-refractivity contribution in [1.29, 1.82) is 0 Å². The second-order valence-electron chi connectivity index (χ2n) is 6.09. The smallest absolute Gasteiger partial charge is 0.264 e. The number of β-amino-alcohol motifs (C(OH)–C–C–N with tert-alkyl or cyclic N) is 1. The van der Waals surface area contributed by atoms with Gasteiger partial charge in [-0.05, 0) is 36.2 Å². The van der Waals surface area contributed by atoms with E-state index in [-0.39, 0.29) is 11.9 Å². The molecular formula is C18H22N2O3S. The summed E-state index contributed by atoms with van der Waals surface area (Å²) in [6, 6.07) is 11.5. The maximum absolute atomic E-state index is 12.4.